The molecule has 3 aromatic heterocycles. The maximum absolute atomic E-state index is 12.0. The number of aliphatic hydroxyl groups is 1. The molecule has 0 spiro atoms. The summed E-state index contributed by atoms with van der Waals surface area (Å²) in [5.74, 6) is 0.805. The number of rotatable bonds is 5. The lowest BCUT2D eigenvalue weighted by atomic mass is 10.1. The first-order valence-electron chi connectivity index (χ1n) is 7.22. The van der Waals surface area contributed by atoms with Crippen molar-refractivity contribution in [2.24, 2.45) is 0 Å². The molecule has 8 nitrogen and oxygen atoms in total. The van der Waals surface area contributed by atoms with Gasteiger partial charge in [-0.15, -0.1) is 10.2 Å². The number of furan rings is 1. The number of hydrogen-bond acceptors (Lipinski definition) is 5. The van der Waals surface area contributed by atoms with Gasteiger partial charge in [0.1, 0.15) is 11.9 Å². The smallest absolute Gasteiger partial charge is 0.321 e. The number of pyridine rings is 1. The summed E-state index contributed by atoms with van der Waals surface area (Å²) in [6.07, 6.45) is 2.82. The lowest BCUT2D eigenvalue weighted by Crippen LogP contribution is -2.37. The minimum atomic E-state index is -0.769. The van der Waals surface area contributed by atoms with Crippen molar-refractivity contribution in [1.82, 2.24) is 19.9 Å². The standard InChI is InChI=1S/C15H17N5O3/c1-10(9-11(21)12-5-4-8-23-12)16-15(22)17-14-19-18-13-6-2-3-7-20(13)14/h2-8,10-11,21H,9H2,1H3,(H2,16,17,19,22)/t10-,11+/m1/s1. The van der Waals surface area contributed by atoms with E-state index in [1.807, 2.05) is 12.1 Å². The van der Waals surface area contributed by atoms with Crippen LogP contribution in [0.1, 0.15) is 25.2 Å². The van der Waals surface area contributed by atoms with Crippen LogP contribution in [-0.2, 0) is 0 Å². The van der Waals surface area contributed by atoms with E-state index in [2.05, 4.69) is 20.8 Å². The fourth-order valence-electron chi connectivity index (χ4n) is 2.28. The van der Waals surface area contributed by atoms with Gasteiger partial charge in [0, 0.05) is 18.7 Å². The monoisotopic (exact) mass is 315 g/mol. The Morgan fingerprint density at radius 3 is 3.00 bits per heavy atom. The highest BCUT2D eigenvalue weighted by molar-refractivity contribution is 5.87. The molecule has 120 valence electrons. The minimum absolute atomic E-state index is 0.255. The van der Waals surface area contributed by atoms with Crippen molar-refractivity contribution >= 4 is 17.6 Å². The summed E-state index contributed by atoms with van der Waals surface area (Å²) in [5.41, 5.74) is 0.643. The van der Waals surface area contributed by atoms with E-state index in [0.29, 0.717) is 23.8 Å². The maximum atomic E-state index is 12.0. The largest absolute Gasteiger partial charge is 0.467 e. The van der Waals surface area contributed by atoms with Crippen LogP contribution in [-0.4, -0.2) is 31.8 Å². The summed E-state index contributed by atoms with van der Waals surface area (Å²) in [6, 6.07) is 8.18. The predicted molar refractivity (Wildman–Crippen MR) is 82.9 cm³/mol. The summed E-state index contributed by atoms with van der Waals surface area (Å²) in [6.45, 7) is 1.80. The van der Waals surface area contributed by atoms with Crippen molar-refractivity contribution in [1.29, 1.82) is 0 Å². The second-order valence-corrected chi connectivity index (χ2v) is 5.22. The number of carbonyl (C=O) groups is 1. The van der Waals surface area contributed by atoms with Crippen molar-refractivity contribution in [2.45, 2.75) is 25.5 Å². The maximum Gasteiger partial charge on any atom is 0.321 e. The van der Waals surface area contributed by atoms with E-state index in [4.69, 9.17) is 4.42 Å². The fourth-order valence-corrected chi connectivity index (χ4v) is 2.28. The molecule has 3 aromatic rings. The first-order valence-corrected chi connectivity index (χ1v) is 7.22. The zero-order chi connectivity index (χ0) is 16.2. The second-order valence-electron chi connectivity index (χ2n) is 5.22. The summed E-state index contributed by atoms with van der Waals surface area (Å²) >= 11 is 0. The Labute approximate surface area is 132 Å². The number of nitrogens with one attached hydrogen (secondary N) is 2. The van der Waals surface area contributed by atoms with Gasteiger partial charge in [-0.25, -0.2) is 4.79 Å². The molecule has 8 heteroatoms. The van der Waals surface area contributed by atoms with Crippen LogP contribution >= 0.6 is 0 Å². The topological polar surface area (TPSA) is 105 Å². The summed E-state index contributed by atoms with van der Waals surface area (Å²) in [5, 5.41) is 23.3. The number of aromatic nitrogens is 3. The van der Waals surface area contributed by atoms with Gasteiger partial charge in [-0.3, -0.25) is 9.72 Å². The van der Waals surface area contributed by atoms with E-state index >= 15 is 0 Å². The Morgan fingerprint density at radius 1 is 1.35 bits per heavy atom. The molecule has 0 aliphatic carbocycles. The second kappa shape index (κ2) is 6.49. The molecule has 0 aliphatic rings. The van der Waals surface area contributed by atoms with Crippen LogP contribution < -0.4 is 10.6 Å². The summed E-state index contributed by atoms with van der Waals surface area (Å²) in [4.78, 5) is 12.0. The number of anilines is 1. The lowest BCUT2D eigenvalue weighted by Gasteiger charge is -2.16. The molecule has 0 aliphatic heterocycles. The molecule has 3 heterocycles. The highest BCUT2D eigenvalue weighted by Crippen LogP contribution is 2.18. The van der Waals surface area contributed by atoms with Gasteiger partial charge in [0.05, 0.1) is 6.26 Å². The molecule has 3 N–H and O–H groups in total. The van der Waals surface area contributed by atoms with Gasteiger partial charge < -0.3 is 14.8 Å². The number of urea groups is 1. The minimum Gasteiger partial charge on any atom is -0.467 e. The van der Waals surface area contributed by atoms with Crippen LogP contribution in [0.15, 0.2) is 47.2 Å². The average Bonchev–Trinajstić information content (AvgIpc) is 3.17. The van der Waals surface area contributed by atoms with Crippen molar-refractivity contribution in [2.75, 3.05) is 5.32 Å². The SMILES string of the molecule is C[C@H](C[C@H](O)c1ccco1)NC(=O)Nc1nnc2ccccn12. The van der Waals surface area contributed by atoms with Gasteiger partial charge in [-0.1, -0.05) is 6.07 Å². The molecule has 0 radical (unpaired) electrons. The molecule has 23 heavy (non-hydrogen) atoms. The Hall–Kier alpha value is -2.87. The van der Waals surface area contributed by atoms with Gasteiger partial charge in [0.2, 0.25) is 5.95 Å². The number of carbonyl (C=O) groups excluding carboxylic acids is 1. The van der Waals surface area contributed by atoms with Crippen molar-refractivity contribution in [3.05, 3.63) is 48.6 Å². The highest BCUT2D eigenvalue weighted by atomic mass is 16.4. The van der Waals surface area contributed by atoms with Gasteiger partial charge in [-0.05, 0) is 31.2 Å². The Morgan fingerprint density at radius 2 is 2.22 bits per heavy atom. The molecular formula is C15H17N5O3. The van der Waals surface area contributed by atoms with Gasteiger partial charge in [0.25, 0.3) is 0 Å². The fraction of sp³-hybridized carbons (Fsp3) is 0.267. The van der Waals surface area contributed by atoms with Crippen LogP contribution in [0.5, 0.6) is 0 Å². The van der Waals surface area contributed by atoms with Crippen molar-refractivity contribution in [3.63, 3.8) is 0 Å². The van der Waals surface area contributed by atoms with Crippen LogP contribution in [0.25, 0.3) is 5.65 Å². The number of hydrogen-bond donors (Lipinski definition) is 3. The highest BCUT2D eigenvalue weighted by Gasteiger charge is 2.17. The molecule has 0 saturated carbocycles. The van der Waals surface area contributed by atoms with Crippen LogP contribution in [0.4, 0.5) is 10.7 Å². The van der Waals surface area contributed by atoms with E-state index in [1.54, 1.807) is 35.7 Å². The number of fused-ring (bicyclic) bond motifs is 1. The Balaban J connectivity index is 1.56. The van der Waals surface area contributed by atoms with E-state index in [1.165, 1.54) is 6.26 Å². The van der Waals surface area contributed by atoms with Gasteiger partial charge in [-0.2, -0.15) is 0 Å². The Kier molecular flexibility index (Phi) is 4.24. The number of amides is 2. The molecule has 0 fully saturated rings. The van der Waals surface area contributed by atoms with E-state index in [-0.39, 0.29) is 6.04 Å². The van der Waals surface area contributed by atoms with Crippen molar-refractivity contribution < 1.29 is 14.3 Å². The molecule has 2 atom stereocenters. The van der Waals surface area contributed by atoms with Crippen LogP contribution in [0.2, 0.25) is 0 Å². The number of aliphatic hydroxyl groups excluding tert-OH is 1. The molecular weight excluding hydrogens is 298 g/mol. The lowest BCUT2D eigenvalue weighted by molar-refractivity contribution is 0.130. The van der Waals surface area contributed by atoms with Crippen LogP contribution in [0.3, 0.4) is 0 Å². The third-order valence-electron chi connectivity index (χ3n) is 3.36. The van der Waals surface area contributed by atoms with Crippen molar-refractivity contribution in [3.8, 4) is 0 Å². The van der Waals surface area contributed by atoms with Gasteiger partial charge >= 0.3 is 6.03 Å². The first-order chi connectivity index (χ1) is 11.1. The first kappa shape index (κ1) is 15.0. The average molecular weight is 315 g/mol. The molecule has 2 amide bonds. The van der Waals surface area contributed by atoms with E-state index in [0.717, 1.165) is 0 Å². The third kappa shape index (κ3) is 3.49. The summed E-state index contributed by atoms with van der Waals surface area (Å²) < 4.78 is 6.80. The van der Waals surface area contributed by atoms with E-state index in [9.17, 15) is 9.90 Å². The molecule has 0 unspecified atom stereocenters. The quantitative estimate of drug-likeness (QED) is 0.667. The van der Waals surface area contributed by atoms with E-state index < -0.39 is 12.1 Å². The molecule has 3 rings (SSSR count). The molecule has 0 saturated heterocycles. The number of nitrogens with zero attached hydrogens (tertiary/aromatic N) is 3. The zero-order valence-corrected chi connectivity index (χ0v) is 12.5. The Bertz CT molecular complexity index is 783. The third-order valence-corrected chi connectivity index (χ3v) is 3.36. The predicted octanol–water partition coefficient (Wildman–Crippen LogP) is 1.96. The zero-order valence-electron chi connectivity index (χ0n) is 12.5. The van der Waals surface area contributed by atoms with Gasteiger partial charge in [0.15, 0.2) is 5.65 Å². The molecule has 0 bridgehead atoms. The van der Waals surface area contributed by atoms with Crippen LogP contribution in [0, 0.1) is 0 Å². The summed E-state index contributed by atoms with van der Waals surface area (Å²) in [7, 11) is 0. The molecule has 0 aromatic carbocycles. The normalized spacial score (nSPS) is 13.7.